The predicted molar refractivity (Wildman–Crippen MR) is 87.4 cm³/mol. The summed E-state index contributed by atoms with van der Waals surface area (Å²) in [7, 11) is 0. The summed E-state index contributed by atoms with van der Waals surface area (Å²) in [5, 5.41) is 12.4. The van der Waals surface area contributed by atoms with Crippen LogP contribution >= 0.6 is 34.8 Å². The Kier molecular flexibility index (Phi) is 5.77. The molecule has 0 saturated carbocycles. The number of rotatable bonds is 5. The number of nitrogens with one attached hydrogen (secondary N) is 1. The van der Waals surface area contributed by atoms with Crippen LogP contribution in [0.25, 0.3) is 0 Å². The molecule has 0 atom stereocenters. The van der Waals surface area contributed by atoms with Crippen molar-refractivity contribution in [2.45, 2.75) is 0 Å². The zero-order chi connectivity index (χ0) is 16.1. The van der Waals surface area contributed by atoms with Gasteiger partial charge in [-0.3, -0.25) is 4.79 Å². The first-order valence-electron chi connectivity index (χ1n) is 6.33. The number of halogens is 3. The van der Waals surface area contributed by atoms with Gasteiger partial charge in [-0.1, -0.05) is 53.0 Å². The quantitative estimate of drug-likeness (QED) is 0.622. The number of carbonyl (C=O) groups excluding carboxylic acids is 1. The first-order chi connectivity index (χ1) is 10.5. The third-order valence-corrected chi connectivity index (χ3v) is 3.85. The van der Waals surface area contributed by atoms with Gasteiger partial charge in [0.05, 0.1) is 21.6 Å². The van der Waals surface area contributed by atoms with E-state index in [0.29, 0.717) is 5.75 Å². The molecule has 4 nitrogen and oxygen atoms in total. The van der Waals surface area contributed by atoms with Gasteiger partial charge in [0.1, 0.15) is 23.7 Å². The van der Waals surface area contributed by atoms with Crippen molar-refractivity contribution < 1.29 is 14.6 Å². The Balaban J connectivity index is 1.96. The van der Waals surface area contributed by atoms with Crippen LogP contribution in [0.4, 0.5) is 0 Å². The molecule has 0 bridgehead atoms. The van der Waals surface area contributed by atoms with E-state index in [-0.39, 0.29) is 33.8 Å². The van der Waals surface area contributed by atoms with Gasteiger partial charge < -0.3 is 15.2 Å². The van der Waals surface area contributed by atoms with E-state index in [9.17, 15) is 9.90 Å². The number of phenolic OH excluding ortho intramolecular Hbond substituents is 1. The average Bonchev–Trinajstić information content (AvgIpc) is 2.51. The van der Waals surface area contributed by atoms with E-state index in [0.717, 1.165) is 0 Å². The lowest BCUT2D eigenvalue weighted by Gasteiger charge is -2.11. The molecule has 0 aliphatic heterocycles. The van der Waals surface area contributed by atoms with Crippen LogP contribution in [0.1, 0.15) is 10.4 Å². The number of ether oxygens (including phenoxy) is 1. The second kappa shape index (κ2) is 7.58. The van der Waals surface area contributed by atoms with Gasteiger partial charge >= 0.3 is 0 Å². The van der Waals surface area contributed by atoms with E-state index in [4.69, 9.17) is 39.5 Å². The van der Waals surface area contributed by atoms with Gasteiger partial charge in [0.2, 0.25) is 0 Å². The second-order valence-corrected chi connectivity index (χ2v) is 5.49. The highest BCUT2D eigenvalue weighted by atomic mass is 35.5. The van der Waals surface area contributed by atoms with E-state index < -0.39 is 11.7 Å². The van der Waals surface area contributed by atoms with E-state index in [1.807, 2.05) is 18.2 Å². The van der Waals surface area contributed by atoms with Crippen LogP contribution in [0.2, 0.25) is 15.1 Å². The summed E-state index contributed by atoms with van der Waals surface area (Å²) in [5.41, 5.74) is -0.154. The summed E-state index contributed by atoms with van der Waals surface area (Å²) < 4.78 is 5.44. The van der Waals surface area contributed by atoms with Gasteiger partial charge in [0.15, 0.2) is 0 Å². The summed E-state index contributed by atoms with van der Waals surface area (Å²) in [6, 6.07) is 10.5. The highest BCUT2D eigenvalue weighted by Gasteiger charge is 2.20. The maximum absolute atomic E-state index is 12.1. The van der Waals surface area contributed by atoms with Crippen LogP contribution in [0.3, 0.4) is 0 Å². The van der Waals surface area contributed by atoms with Crippen molar-refractivity contribution in [3.63, 3.8) is 0 Å². The van der Waals surface area contributed by atoms with Gasteiger partial charge in [0.25, 0.3) is 5.91 Å². The highest BCUT2D eigenvalue weighted by Crippen LogP contribution is 2.38. The molecule has 0 aliphatic carbocycles. The van der Waals surface area contributed by atoms with Crippen LogP contribution in [0.15, 0.2) is 36.4 Å². The molecule has 0 fully saturated rings. The molecule has 22 heavy (non-hydrogen) atoms. The number of aromatic hydroxyl groups is 1. The third-order valence-electron chi connectivity index (χ3n) is 2.77. The van der Waals surface area contributed by atoms with Gasteiger partial charge in [-0.15, -0.1) is 0 Å². The minimum absolute atomic E-state index is 0.0416. The smallest absolute Gasteiger partial charge is 0.256 e. The number of hydrogen-bond donors (Lipinski definition) is 2. The molecule has 2 aromatic carbocycles. The second-order valence-electron chi connectivity index (χ2n) is 4.30. The molecule has 2 N–H and O–H groups in total. The van der Waals surface area contributed by atoms with Crippen LogP contribution in [0, 0.1) is 0 Å². The minimum atomic E-state index is -0.580. The number of para-hydroxylation sites is 1. The van der Waals surface area contributed by atoms with Gasteiger partial charge in [0, 0.05) is 0 Å². The topological polar surface area (TPSA) is 58.6 Å². The van der Waals surface area contributed by atoms with Crippen molar-refractivity contribution in [3.8, 4) is 11.5 Å². The van der Waals surface area contributed by atoms with E-state index >= 15 is 0 Å². The molecule has 0 spiro atoms. The Bertz CT molecular complexity index is 651. The largest absolute Gasteiger partial charge is 0.505 e. The number of carbonyl (C=O) groups is 1. The molecule has 1 amide bonds. The molecule has 2 aromatic rings. The molecule has 0 aromatic heterocycles. The number of hydrogen-bond acceptors (Lipinski definition) is 3. The van der Waals surface area contributed by atoms with Gasteiger partial charge in [-0.25, -0.2) is 0 Å². The first-order valence-corrected chi connectivity index (χ1v) is 7.46. The Hall–Kier alpha value is -1.62. The molecule has 7 heteroatoms. The summed E-state index contributed by atoms with van der Waals surface area (Å²) in [5.74, 6) is -0.287. The van der Waals surface area contributed by atoms with E-state index in [2.05, 4.69) is 5.32 Å². The fourth-order valence-electron chi connectivity index (χ4n) is 1.73. The normalized spacial score (nSPS) is 10.3. The zero-order valence-corrected chi connectivity index (χ0v) is 13.5. The Morgan fingerprint density at radius 2 is 1.82 bits per heavy atom. The lowest BCUT2D eigenvalue weighted by atomic mass is 10.2. The monoisotopic (exact) mass is 359 g/mol. The number of benzene rings is 2. The van der Waals surface area contributed by atoms with Gasteiger partial charge in [-0.05, 0) is 18.2 Å². The Labute approximate surface area is 142 Å². The molecule has 0 saturated heterocycles. The molecule has 0 unspecified atom stereocenters. The van der Waals surface area contributed by atoms with E-state index in [1.54, 1.807) is 12.1 Å². The van der Waals surface area contributed by atoms with Crippen molar-refractivity contribution in [2.24, 2.45) is 0 Å². The first kappa shape index (κ1) is 16.7. The fraction of sp³-hybridized carbons (Fsp3) is 0.133. The van der Waals surface area contributed by atoms with Crippen LogP contribution < -0.4 is 10.1 Å². The molecule has 0 radical (unpaired) electrons. The van der Waals surface area contributed by atoms with Crippen molar-refractivity contribution >= 4 is 40.7 Å². The molecule has 0 heterocycles. The molecule has 2 rings (SSSR count). The zero-order valence-electron chi connectivity index (χ0n) is 11.3. The van der Waals surface area contributed by atoms with Crippen molar-refractivity contribution in [1.82, 2.24) is 5.32 Å². The van der Waals surface area contributed by atoms with E-state index in [1.165, 1.54) is 6.07 Å². The average molecular weight is 361 g/mol. The number of amides is 1. The minimum Gasteiger partial charge on any atom is -0.505 e. The van der Waals surface area contributed by atoms with Crippen LogP contribution in [-0.4, -0.2) is 24.2 Å². The maximum Gasteiger partial charge on any atom is 0.256 e. The van der Waals surface area contributed by atoms with Gasteiger partial charge in [-0.2, -0.15) is 0 Å². The van der Waals surface area contributed by atoms with Crippen LogP contribution in [0.5, 0.6) is 11.5 Å². The standard InChI is InChI=1S/C15H12Cl3NO3/c16-10-8-11(17)14(20)12(13(10)18)15(21)19-6-7-22-9-4-2-1-3-5-9/h1-5,8,20H,6-7H2,(H,19,21). The number of phenols is 1. The highest BCUT2D eigenvalue weighted by molar-refractivity contribution is 6.45. The maximum atomic E-state index is 12.1. The SMILES string of the molecule is O=C(NCCOc1ccccc1)c1c(O)c(Cl)cc(Cl)c1Cl. The Morgan fingerprint density at radius 1 is 1.14 bits per heavy atom. The van der Waals surface area contributed by atoms with Crippen molar-refractivity contribution in [3.05, 3.63) is 57.0 Å². The predicted octanol–water partition coefficient (Wildman–Crippen LogP) is 4.16. The third kappa shape index (κ3) is 3.97. The molecule has 116 valence electrons. The fourth-order valence-corrected chi connectivity index (χ4v) is 2.42. The lowest BCUT2D eigenvalue weighted by molar-refractivity contribution is 0.0944. The molecule has 0 aliphatic rings. The Morgan fingerprint density at radius 3 is 2.50 bits per heavy atom. The summed E-state index contributed by atoms with van der Waals surface area (Å²) >= 11 is 17.6. The lowest BCUT2D eigenvalue weighted by Crippen LogP contribution is -2.28. The molecular weight excluding hydrogens is 349 g/mol. The van der Waals surface area contributed by atoms with Crippen molar-refractivity contribution in [1.29, 1.82) is 0 Å². The van der Waals surface area contributed by atoms with Crippen LogP contribution in [-0.2, 0) is 0 Å². The molecular formula is C15H12Cl3NO3. The summed E-state index contributed by atoms with van der Waals surface area (Å²) in [4.78, 5) is 12.1. The van der Waals surface area contributed by atoms with Crippen molar-refractivity contribution in [2.75, 3.05) is 13.2 Å². The summed E-state index contributed by atoms with van der Waals surface area (Å²) in [6.45, 7) is 0.496. The summed E-state index contributed by atoms with van der Waals surface area (Å²) in [6.07, 6.45) is 0.